The largest absolute Gasteiger partial charge is 0.349 e. The fourth-order valence-corrected chi connectivity index (χ4v) is 7.38. The smallest absolute Gasteiger partial charge is 0.263 e. The van der Waals surface area contributed by atoms with Crippen LogP contribution in [0.4, 0.5) is 0 Å². The summed E-state index contributed by atoms with van der Waals surface area (Å²) in [5, 5.41) is 4.65. The van der Waals surface area contributed by atoms with E-state index in [1.807, 2.05) is 41.8 Å². The van der Waals surface area contributed by atoms with Crippen molar-refractivity contribution in [3.63, 3.8) is 0 Å². The van der Waals surface area contributed by atoms with Gasteiger partial charge in [0.15, 0.2) is 5.16 Å². The maximum Gasteiger partial charge on any atom is 0.263 e. The molecule has 3 aromatic rings. The van der Waals surface area contributed by atoms with Crippen LogP contribution in [0.2, 0.25) is 0 Å². The van der Waals surface area contributed by atoms with Gasteiger partial charge in [-0.15, -0.1) is 11.3 Å². The fourth-order valence-electron chi connectivity index (χ4n) is 5.20. The van der Waals surface area contributed by atoms with Gasteiger partial charge >= 0.3 is 0 Å². The highest BCUT2D eigenvalue weighted by Crippen LogP contribution is 2.37. The van der Waals surface area contributed by atoms with Gasteiger partial charge in [0, 0.05) is 10.9 Å². The van der Waals surface area contributed by atoms with Gasteiger partial charge in [0.25, 0.3) is 5.56 Å². The first-order chi connectivity index (χ1) is 16.1. The van der Waals surface area contributed by atoms with Crippen LogP contribution in [0, 0.1) is 0 Å². The first kappa shape index (κ1) is 22.7. The summed E-state index contributed by atoms with van der Waals surface area (Å²) in [7, 11) is 0. The van der Waals surface area contributed by atoms with Crippen LogP contribution >= 0.6 is 23.1 Å². The number of hydrogen-bond acceptors (Lipinski definition) is 5. The van der Waals surface area contributed by atoms with Crippen molar-refractivity contribution < 1.29 is 4.79 Å². The topological polar surface area (TPSA) is 64.0 Å². The summed E-state index contributed by atoms with van der Waals surface area (Å²) in [6, 6.07) is 10.1. The number of thioether (sulfide) groups is 1. The highest BCUT2D eigenvalue weighted by molar-refractivity contribution is 7.99. The number of amides is 1. The molecule has 0 aliphatic heterocycles. The predicted octanol–water partition coefficient (Wildman–Crippen LogP) is 5.81. The Morgan fingerprint density at radius 3 is 2.70 bits per heavy atom. The molecule has 33 heavy (non-hydrogen) atoms. The minimum atomic E-state index is -0.0562. The Kier molecular flexibility index (Phi) is 6.88. The number of carbonyl (C=O) groups excluding carboxylic acids is 1. The fraction of sp³-hybridized carbons (Fsp3) is 0.500. The number of aryl methyl sites for hydroxylation is 2. The van der Waals surface area contributed by atoms with E-state index in [2.05, 4.69) is 5.32 Å². The van der Waals surface area contributed by atoms with Crippen molar-refractivity contribution in [3.05, 3.63) is 56.7 Å². The molecule has 0 bridgehead atoms. The van der Waals surface area contributed by atoms with Gasteiger partial charge in [0.05, 0.1) is 17.2 Å². The number of hydrogen-bond donors (Lipinski definition) is 1. The Hall–Kier alpha value is -2.12. The van der Waals surface area contributed by atoms with Crippen molar-refractivity contribution in [3.8, 4) is 0 Å². The van der Waals surface area contributed by atoms with Crippen LogP contribution in [0.5, 0.6) is 0 Å². The Bertz CT molecular complexity index is 1200. The molecule has 5 rings (SSSR count). The van der Waals surface area contributed by atoms with Crippen molar-refractivity contribution in [2.75, 3.05) is 5.75 Å². The van der Waals surface area contributed by atoms with Gasteiger partial charge < -0.3 is 5.32 Å². The third-order valence-corrected chi connectivity index (χ3v) is 9.08. The molecule has 1 N–H and O–H groups in total. The van der Waals surface area contributed by atoms with Crippen LogP contribution in [-0.4, -0.2) is 21.2 Å². The van der Waals surface area contributed by atoms with E-state index in [9.17, 15) is 9.59 Å². The molecular formula is C26H31N3O2S2. The molecule has 1 aromatic carbocycles. The molecule has 2 heterocycles. The van der Waals surface area contributed by atoms with Gasteiger partial charge in [-0.25, -0.2) is 4.98 Å². The summed E-state index contributed by atoms with van der Waals surface area (Å²) >= 11 is 3.09. The van der Waals surface area contributed by atoms with E-state index >= 15 is 0 Å². The number of thiophene rings is 1. The number of nitrogens with one attached hydrogen (secondary N) is 1. The predicted molar refractivity (Wildman–Crippen MR) is 136 cm³/mol. The standard InChI is InChI=1S/C26H31N3O2S2/c1-17(18-10-4-2-5-11-18)27-22(30)16-32-26-28-24-23(20-14-8-9-15-21(20)33-24)25(31)29(26)19-12-6-3-7-13-19/h2,4-5,10-11,17,19H,3,6-9,12-16H2,1H3,(H,27,30). The third-order valence-electron chi connectivity index (χ3n) is 6.94. The maximum atomic E-state index is 13.8. The second-order valence-corrected chi connectivity index (χ2v) is 11.3. The number of carbonyl (C=O) groups is 1. The molecule has 2 aliphatic rings. The Morgan fingerprint density at radius 1 is 1.15 bits per heavy atom. The molecule has 7 heteroatoms. The molecule has 1 fully saturated rings. The van der Waals surface area contributed by atoms with Gasteiger partial charge in [-0.05, 0) is 56.6 Å². The molecular weight excluding hydrogens is 450 g/mol. The monoisotopic (exact) mass is 481 g/mol. The summed E-state index contributed by atoms with van der Waals surface area (Å²) in [6.07, 6.45) is 9.96. The second kappa shape index (κ2) is 10.0. The van der Waals surface area contributed by atoms with Crippen LogP contribution in [0.15, 0.2) is 40.3 Å². The zero-order valence-electron chi connectivity index (χ0n) is 19.1. The molecule has 174 valence electrons. The van der Waals surface area contributed by atoms with E-state index in [1.165, 1.54) is 35.0 Å². The van der Waals surface area contributed by atoms with Crippen molar-refractivity contribution in [1.29, 1.82) is 0 Å². The van der Waals surface area contributed by atoms with Crippen molar-refractivity contribution >= 4 is 39.2 Å². The molecule has 2 aromatic heterocycles. The molecule has 0 spiro atoms. The summed E-state index contributed by atoms with van der Waals surface area (Å²) in [4.78, 5) is 33.7. The Morgan fingerprint density at radius 2 is 1.91 bits per heavy atom. The minimum Gasteiger partial charge on any atom is -0.349 e. The van der Waals surface area contributed by atoms with Gasteiger partial charge in [0.1, 0.15) is 4.83 Å². The van der Waals surface area contributed by atoms with Crippen molar-refractivity contribution in [2.24, 2.45) is 0 Å². The average molecular weight is 482 g/mol. The van der Waals surface area contributed by atoms with Gasteiger partial charge in [0.2, 0.25) is 5.91 Å². The molecule has 1 atom stereocenters. The molecule has 0 radical (unpaired) electrons. The summed E-state index contributed by atoms with van der Waals surface area (Å²) in [5.41, 5.74) is 2.44. The lowest BCUT2D eigenvalue weighted by Crippen LogP contribution is -2.31. The highest BCUT2D eigenvalue weighted by Gasteiger charge is 2.26. The SMILES string of the molecule is CC(NC(=O)CSc1nc2sc3c(c2c(=O)n1C1CCCCC1)CCCC3)c1ccccc1. The van der Waals surface area contributed by atoms with E-state index in [0.29, 0.717) is 5.16 Å². The van der Waals surface area contributed by atoms with Crippen LogP contribution < -0.4 is 10.9 Å². The van der Waals surface area contributed by atoms with Crippen LogP contribution in [0.3, 0.4) is 0 Å². The number of nitrogens with zero attached hydrogens (tertiary/aromatic N) is 2. The lowest BCUT2D eigenvalue weighted by molar-refractivity contribution is -0.119. The van der Waals surface area contributed by atoms with Crippen LogP contribution in [0.25, 0.3) is 10.2 Å². The maximum absolute atomic E-state index is 13.8. The molecule has 5 nitrogen and oxygen atoms in total. The Labute approximate surface area is 203 Å². The zero-order valence-corrected chi connectivity index (χ0v) is 20.8. The van der Waals surface area contributed by atoms with Crippen LogP contribution in [0.1, 0.15) is 80.0 Å². The van der Waals surface area contributed by atoms with E-state index in [4.69, 9.17) is 4.98 Å². The average Bonchev–Trinajstić information content (AvgIpc) is 3.22. The summed E-state index contributed by atoms with van der Waals surface area (Å²) in [5.74, 6) is 0.221. The van der Waals surface area contributed by atoms with E-state index in [0.717, 1.165) is 60.7 Å². The van der Waals surface area contributed by atoms with Gasteiger partial charge in [-0.3, -0.25) is 14.2 Å². The van der Waals surface area contributed by atoms with Crippen molar-refractivity contribution in [2.45, 2.75) is 82.0 Å². The lowest BCUT2D eigenvalue weighted by atomic mass is 9.94. The van der Waals surface area contributed by atoms with Gasteiger partial charge in [-0.1, -0.05) is 61.4 Å². The van der Waals surface area contributed by atoms with E-state index < -0.39 is 0 Å². The first-order valence-corrected chi connectivity index (χ1v) is 14.0. The lowest BCUT2D eigenvalue weighted by Gasteiger charge is -2.26. The molecule has 2 aliphatic carbocycles. The molecule has 1 unspecified atom stereocenters. The number of aromatic nitrogens is 2. The summed E-state index contributed by atoms with van der Waals surface area (Å²) < 4.78 is 1.95. The molecule has 1 saturated carbocycles. The Balaban J connectivity index is 1.42. The van der Waals surface area contributed by atoms with Gasteiger partial charge in [-0.2, -0.15) is 0 Å². The molecule has 0 saturated heterocycles. The second-order valence-electron chi connectivity index (χ2n) is 9.24. The van der Waals surface area contributed by atoms with Crippen LogP contribution in [-0.2, 0) is 17.6 Å². The van der Waals surface area contributed by atoms with E-state index in [1.54, 1.807) is 11.3 Å². The zero-order chi connectivity index (χ0) is 22.8. The third kappa shape index (κ3) is 4.76. The van der Waals surface area contributed by atoms with E-state index in [-0.39, 0.29) is 29.3 Å². The highest BCUT2D eigenvalue weighted by atomic mass is 32.2. The number of benzene rings is 1. The summed E-state index contributed by atoms with van der Waals surface area (Å²) in [6.45, 7) is 2.00. The number of rotatable bonds is 6. The first-order valence-electron chi connectivity index (χ1n) is 12.2. The molecule has 1 amide bonds. The minimum absolute atomic E-state index is 0.0358. The normalized spacial score (nSPS) is 17.6. The quantitative estimate of drug-likeness (QED) is 0.356. The van der Waals surface area contributed by atoms with Crippen molar-refractivity contribution in [1.82, 2.24) is 14.9 Å². The number of fused-ring (bicyclic) bond motifs is 3.